The SMILES string of the molecule is COC1CCCC(O)(CCCC2CCCO2)C1. The van der Waals surface area contributed by atoms with Crippen LogP contribution >= 0.6 is 0 Å². The van der Waals surface area contributed by atoms with E-state index in [1.165, 1.54) is 12.8 Å². The van der Waals surface area contributed by atoms with Gasteiger partial charge in [-0.25, -0.2) is 0 Å². The maximum atomic E-state index is 10.5. The van der Waals surface area contributed by atoms with Crippen molar-refractivity contribution in [3.05, 3.63) is 0 Å². The molecule has 3 heteroatoms. The van der Waals surface area contributed by atoms with Crippen LogP contribution in [0.3, 0.4) is 0 Å². The van der Waals surface area contributed by atoms with Crippen molar-refractivity contribution < 1.29 is 14.6 Å². The van der Waals surface area contributed by atoms with Gasteiger partial charge >= 0.3 is 0 Å². The van der Waals surface area contributed by atoms with Crippen molar-refractivity contribution in [2.45, 2.75) is 75.6 Å². The second kappa shape index (κ2) is 6.17. The summed E-state index contributed by atoms with van der Waals surface area (Å²) in [6.07, 6.45) is 10.2. The summed E-state index contributed by atoms with van der Waals surface area (Å²) in [7, 11) is 1.75. The Morgan fingerprint density at radius 1 is 1.35 bits per heavy atom. The summed E-state index contributed by atoms with van der Waals surface area (Å²) in [6, 6.07) is 0. The van der Waals surface area contributed by atoms with Crippen LogP contribution in [0.4, 0.5) is 0 Å². The summed E-state index contributed by atoms with van der Waals surface area (Å²) in [5.74, 6) is 0. The second-order valence-corrected chi connectivity index (χ2v) is 5.71. The molecule has 0 spiro atoms. The van der Waals surface area contributed by atoms with Crippen molar-refractivity contribution in [3.63, 3.8) is 0 Å². The lowest BCUT2D eigenvalue weighted by molar-refractivity contribution is -0.0656. The van der Waals surface area contributed by atoms with Crippen LogP contribution in [-0.2, 0) is 9.47 Å². The first-order valence-corrected chi connectivity index (χ1v) is 7.09. The third-order valence-corrected chi connectivity index (χ3v) is 4.30. The Labute approximate surface area is 104 Å². The first-order valence-electron chi connectivity index (χ1n) is 7.09. The molecule has 0 radical (unpaired) electrons. The molecule has 2 fully saturated rings. The van der Waals surface area contributed by atoms with Crippen LogP contribution in [-0.4, -0.2) is 36.6 Å². The fourth-order valence-corrected chi connectivity index (χ4v) is 3.25. The average Bonchev–Trinajstić information content (AvgIpc) is 2.82. The van der Waals surface area contributed by atoms with Gasteiger partial charge in [0.1, 0.15) is 0 Å². The lowest BCUT2D eigenvalue weighted by Gasteiger charge is -2.36. The Balaban J connectivity index is 1.69. The van der Waals surface area contributed by atoms with Gasteiger partial charge in [0.2, 0.25) is 0 Å². The van der Waals surface area contributed by atoms with E-state index in [-0.39, 0.29) is 6.10 Å². The molecule has 0 amide bonds. The van der Waals surface area contributed by atoms with Crippen LogP contribution < -0.4 is 0 Å². The van der Waals surface area contributed by atoms with E-state index in [4.69, 9.17) is 9.47 Å². The molecule has 0 aromatic rings. The fourth-order valence-electron chi connectivity index (χ4n) is 3.25. The number of rotatable bonds is 5. The van der Waals surface area contributed by atoms with E-state index < -0.39 is 5.60 Å². The predicted molar refractivity (Wildman–Crippen MR) is 67.0 cm³/mol. The first-order chi connectivity index (χ1) is 8.22. The van der Waals surface area contributed by atoms with Gasteiger partial charge in [-0.05, 0) is 51.4 Å². The Morgan fingerprint density at radius 2 is 2.24 bits per heavy atom. The lowest BCUT2D eigenvalue weighted by atomic mass is 9.79. The largest absolute Gasteiger partial charge is 0.390 e. The van der Waals surface area contributed by atoms with Gasteiger partial charge < -0.3 is 14.6 Å². The molecule has 2 rings (SSSR count). The van der Waals surface area contributed by atoms with E-state index in [9.17, 15) is 5.11 Å². The quantitative estimate of drug-likeness (QED) is 0.805. The average molecular weight is 242 g/mol. The molecular formula is C14H26O3. The third kappa shape index (κ3) is 3.94. The molecule has 1 aliphatic carbocycles. The molecule has 0 aromatic heterocycles. The molecule has 3 atom stereocenters. The van der Waals surface area contributed by atoms with E-state index in [0.29, 0.717) is 6.10 Å². The molecule has 1 aliphatic heterocycles. The molecule has 1 N–H and O–H groups in total. The summed E-state index contributed by atoms with van der Waals surface area (Å²) < 4.78 is 11.0. The number of methoxy groups -OCH3 is 1. The normalized spacial score (nSPS) is 38.5. The number of ether oxygens (including phenoxy) is 2. The van der Waals surface area contributed by atoms with E-state index in [0.717, 1.165) is 51.6 Å². The van der Waals surface area contributed by atoms with Gasteiger partial charge in [0.25, 0.3) is 0 Å². The number of hydrogen-bond acceptors (Lipinski definition) is 3. The first kappa shape index (κ1) is 13.3. The minimum absolute atomic E-state index is 0.261. The molecule has 3 unspecified atom stereocenters. The van der Waals surface area contributed by atoms with Gasteiger partial charge in [0.05, 0.1) is 17.8 Å². The zero-order valence-corrected chi connectivity index (χ0v) is 11.0. The molecule has 0 bridgehead atoms. The van der Waals surface area contributed by atoms with Crippen LogP contribution in [0.25, 0.3) is 0 Å². The maximum Gasteiger partial charge on any atom is 0.0672 e. The van der Waals surface area contributed by atoms with Crippen LogP contribution in [0.15, 0.2) is 0 Å². The molecule has 0 aromatic carbocycles. The van der Waals surface area contributed by atoms with Gasteiger partial charge in [-0.1, -0.05) is 0 Å². The number of hydrogen-bond donors (Lipinski definition) is 1. The summed E-state index contributed by atoms with van der Waals surface area (Å²) in [6.45, 7) is 0.931. The lowest BCUT2D eigenvalue weighted by Crippen LogP contribution is -2.38. The second-order valence-electron chi connectivity index (χ2n) is 5.71. The molecule has 100 valence electrons. The molecule has 1 heterocycles. The van der Waals surface area contributed by atoms with E-state index in [1.54, 1.807) is 7.11 Å². The topological polar surface area (TPSA) is 38.7 Å². The highest BCUT2D eigenvalue weighted by Gasteiger charge is 2.34. The molecule has 3 nitrogen and oxygen atoms in total. The third-order valence-electron chi connectivity index (χ3n) is 4.30. The highest BCUT2D eigenvalue weighted by atomic mass is 16.5. The highest BCUT2D eigenvalue weighted by molar-refractivity contribution is 4.87. The van der Waals surface area contributed by atoms with Crippen molar-refractivity contribution in [1.82, 2.24) is 0 Å². The van der Waals surface area contributed by atoms with Crippen LogP contribution in [0.5, 0.6) is 0 Å². The summed E-state index contributed by atoms with van der Waals surface area (Å²) >= 11 is 0. The van der Waals surface area contributed by atoms with Crippen molar-refractivity contribution >= 4 is 0 Å². The van der Waals surface area contributed by atoms with Crippen LogP contribution in [0.1, 0.15) is 57.8 Å². The zero-order valence-electron chi connectivity index (χ0n) is 11.0. The van der Waals surface area contributed by atoms with Gasteiger partial charge in [0, 0.05) is 20.1 Å². The summed E-state index contributed by atoms with van der Waals surface area (Å²) in [5, 5.41) is 10.5. The molecule has 1 saturated carbocycles. The van der Waals surface area contributed by atoms with Crippen LogP contribution in [0.2, 0.25) is 0 Å². The van der Waals surface area contributed by atoms with Crippen molar-refractivity contribution in [2.75, 3.05) is 13.7 Å². The van der Waals surface area contributed by atoms with E-state index in [1.807, 2.05) is 0 Å². The Hall–Kier alpha value is -0.120. The van der Waals surface area contributed by atoms with Crippen molar-refractivity contribution in [2.24, 2.45) is 0 Å². The van der Waals surface area contributed by atoms with E-state index >= 15 is 0 Å². The number of aliphatic hydroxyl groups is 1. The monoisotopic (exact) mass is 242 g/mol. The Kier molecular flexibility index (Phi) is 4.83. The van der Waals surface area contributed by atoms with Crippen LogP contribution in [0, 0.1) is 0 Å². The minimum Gasteiger partial charge on any atom is -0.390 e. The van der Waals surface area contributed by atoms with Gasteiger partial charge in [0.15, 0.2) is 0 Å². The highest BCUT2D eigenvalue weighted by Crippen LogP contribution is 2.34. The standard InChI is InChI=1S/C14H26O3/c1-16-13-6-3-9-14(15,11-13)8-2-5-12-7-4-10-17-12/h12-13,15H,2-11H2,1H3. The smallest absolute Gasteiger partial charge is 0.0672 e. The fraction of sp³-hybridized carbons (Fsp3) is 1.00. The van der Waals surface area contributed by atoms with Gasteiger partial charge in [-0.2, -0.15) is 0 Å². The molecule has 1 saturated heterocycles. The molecule has 2 aliphatic rings. The maximum absolute atomic E-state index is 10.5. The Bertz CT molecular complexity index is 226. The molecular weight excluding hydrogens is 216 g/mol. The minimum atomic E-state index is -0.475. The predicted octanol–water partition coefficient (Wildman–Crippen LogP) is 2.66. The Morgan fingerprint density at radius 3 is 2.94 bits per heavy atom. The van der Waals surface area contributed by atoms with E-state index in [2.05, 4.69) is 0 Å². The zero-order chi connectivity index (χ0) is 12.1. The summed E-state index contributed by atoms with van der Waals surface area (Å²) in [5.41, 5.74) is -0.475. The van der Waals surface area contributed by atoms with Crippen molar-refractivity contribution in [1.29, 1.82) is 0 Å². The van der Waals surface area contributed by atoms with Crippen molar-refractivity contribution in [3.8, 4) is 0 Å². The summed E-state index contributed by atoms with van der Waals surface area (Å²) in [4.78, 5) is 0. The molecule has 17 heavy (non-hydrogen) atoms. The van der Waals surface area contributed by atoms with Gasteiger partial charge in [-0.15, -0.1) is 0 Å². The van der Waals surface area contributed by atoms with Gasteiger partial charge in [-0.3, -0.25) is 0 Å².